The fourth-order valence-electron chi connectivity index (χ4n) is 4.99. The molecule has 0 N–H and O–H groups in total. The van der Waals surface area contributed by atoms with Crippen LogP contribution in [0, 0.1) is 6.92 Å². The second-order valence-electron chi connectivity index (χ2n) is 10.1. The van der Waals surface area contributed by atoms with Crippen molar-refractivity contribution in [1.29, 1.82) is 0 Å². The molecule has 4 aromatic rings. The van der Waals surface area contributed by atoms with Gasteiger partial charge in [-0.25, -0.2) is 16.8 Å². The number of thiol groups is 1. The van der Waals surface area contributed by atoms with Crippen LogP contribution in [-0.2, 0) is 31.4 Å². The Bertz CT molecular complexity index is 1780. The molecule has 5 rings (SSSR count). The summed E-state index contributed by atoms with van der Waals surface area (Å²) in [5.41, 5.74) is 1.56. The van der Waals surface area contributed by atoms with E-state index < -0.39 is 37.2 Å². The summed E-state index contributed by atoms with van der Waals surface area (Å²) in [6, 6.07) is 26.4. The van der Waals surface area contributed by atoms with Crippen LogP contribution in [-0.4, -0.2) is 61.4 Å². The average molecular weight is 610 g/mol. The van der Waals surface area contributed by atoms with Gasteiger partial charge in [-0.05, 0) is 53.9 Å². The second kappa shape index (κ2) is 11.6. The molecular formula is C30H31N3O5S3. The summed E-state index contributed by atoms with van der Waals surface area (Å²) < 4.78 is 57.6. The molecule has 1 fully saturated rings. The zero-order valence-corrected chi connectivity index (χ0v) is 25.2. The molecule has 11 heteroatoms. The highest BCUT2D eigenvalue weighted by molar-refractivity contribution is 7.89. The molecule has 1 amide bonds. The first-order valence-electron chi connectivity index (χ1n) is 13.1. The smallest absolute Gasteiger partial charge is 0.260 e. The highest BCUT2D eigenvalue weighted by Crippen LogP contribution is 2.32. The Hall–Kier alpha value is -3.22. The molecule has 1 saturated heterocycles. The average Bonchev–Trinajstić information content (AvgIpc) is 3.38. The Balaban J connectivity index is 1.50. The second-order valence-corrected chi connectivity index (χ2v) is 14.6. The summed E-state index contributed by atoms with van der Waals surface area (Å²) in [4.78, 5) is 14.1. The molecule has 0 radical (unpaired) electrons. The third-order valence-electron chi connectivity index (χ3n) is 7.26. The van der Waals surface area contributed by atoms with Crippen molar-refractivity contribution in [3.63, 3.8) is 0 Å². The van der Waals surface area contributed by atoms with Crippen molar-refractivity contribution in [1.82, 2.24) is 13.7 Å². The van der Waals surface area contributed by atoms with Gasteiger partial charge < -0.3 is 0 Å². The minimum Gasteiger partial charge on any atom is -0.272 e. The van der Waals surface area contributed by atoms with Gasteiger partial charge in [0.05, 0.1) is 16.3 Å². The zero-order chi connectivity index (χ0) is 29.4. The molecule has 0 spiro atoms. The van der Waals surface area contributed by atoms with Crippen molar-refractivity contribution in [2.45, 2.75) is 41.0 Å². The van der Waals surface area contributed by atoms with Crippen molar-refractivity contribution >= 4 is 49.4 Å². The third kappa shape index (κ3) is 5.91. The molecule has 1 heterocycles. The number of benzene rings is 4. The van der Waals surface area contributed by atoms with Gasteiger partial charge in [0.2, 0.25) is 10.0 Å². The molecular weight excluding hydrogens is 579 g/mol. The number of likely N-dealkylation sites (N-methyl/N-ethyl adjacent to an activating group) is 1. The van der Waals surface area contributed by atoms with Crippen LogP contribution in [0.4, 0.5) is 0 Å². The maximum Gasteiger partial charge on any atom is 0.260 e. The van der Waals surface area contributed by atoms with E-state index in [1.165, 1.54) is 25.2 Å². The summed E-state index contributed by atoms with van der Waals surface area (Å²) in [5, 5.41) is 2.28. The van der Waals surface area contributed by atoms with E-state index in [0.717, 1.165) is 30.1 Å². The van der Waals surface area contributed by atoms with Gasteiger partial charge in [-0.1, -0.05) is 78.4 Å². The van der Waals surface area contributed by atoms with Gasteiger partial charge in [0.25, 0.3) is 15.9 Å². The van der Waals surface area contributed by atoms with Crippen molar-refractivity contribution in [3.8, 4) is 0 Å². The minimum atomic E-state index is -4.18. The summed E-state index contributed by atoms with van der Waals surface area (Å²) in [7, 11) is -6.92. The van der Waals surface area contributed by atoms with E-state index in [-0.39, 0.29) is 29.3 Å². The summed E-state index contributed by atoms with van der Waals surface area (Å²) >= 11 is 4.52. The van der Waals surface area contributed by atoms with Crippen LogP contribution < -0.4 is 0 Å². The zero-order valence-electron chi connectivity index (χ0n) is 22.7. The Labute approximate surface area is 246 Å². The van der Waals surface area contributed by atoms with Crippen molar-refractivity contribution in [2.75, 3.05) is 13.6 Å². The number of aryl methyl sites for hydroxylation is 1. The highest BCUT2D eigenvalue weighted by atomic mass is 32.2. The van der Waals surface area contributed by atoms with E-state index in [9.17, 15) is 21.6 Å². The highest BCUT2D eigenvalue weighted by Gasteiger charge is 2.46. The van der Waals surface area contributed by atoms with E-state index in [1.807, 2.05) is 37.3 Å². The lowest BCUT2D eigenvalue weighted by Gasteiger charge is -2.34. The number of fused-ring (bicyclic) bond motifs is 1. The summed E-state index contributed by atoms with van der Waals surface area (Å²) in [6.07, 6.45) is 0.142. The normalized spacial score (nSPS) is 18.1. The lowest BCUT2D eigenvalue weighted by molar-refractivity contribution is -0.143. The number of hydrogen-bond acceptors (Lipinski definition) is 6. The SMILES string of the molecule is Cc1ccc(S(=O)(=O)N(Cc2ccccc2)N(C)C(=O)[C@@H]2C[C@@H](S)CN2S(=O)(=O)c2ccc3ccccc3c2)cc1. The molecule has 1 aliphatic heterocycles. The number of hydrogen-bond donors (Lipinski definition) is 1. The molecule has 2 atom stereocenters. The molecule has 0 aliphatic carbocycles. The fraction of sp³-hybridized carbons (Fsp3) is 0.233. The maximum atomic E-state index is 14.0. The van der Waals surface area contributed by atoms with Gasteiger partial charge in [-0.15, -0.1) is 4.41 Å². The minimum absolute atomic E-state index is 0.0198. The van der Waals surface area contributed by atoms with Crippen molar-refractivity contribution in [2.24, 2.45) is 0 Å². The standard InChI is InChI=1S/C30H31N3O5S3/c1-22-12-15-27(16-13-22)41(37,38)33(20-23-8-4-3-5-9-23)31(2)30(34)29-19-26(39)21-32(29)40(35,36)28-17-14-24-10-6-7-11-25(24)18-28/h3-18,26,29,39H,19-21H2,1-2H3/t26-,29+/m1/s1. The molecule has 4 aromatic carbocycles. The molecule has 0 saturated carbocycles. The molecule has 0 unspecified atom stereocenters. The number of sulfonamides is 2. The van der Waals surface area contributed by atoms with E-state index in [0.29, 0.717) is 5.56 Å². The molecule has 0 bridgehead atoms. The van der Waals surface area contributed by atoms with E-state index >= 15 is 0 Å². The third-order valence-corrected chi connectivity index (χ3v) is 11.3. The van der Waals surface area contributed by atoms with Crippen LogP contribution in [0.2, 0.25) is 0 Å². The Morgan fingerprint density at radius 2 is 1.46 bits per heavy atom. The number of amides is 1. The first kappa shape index (κ1) is 29.3. The van der Waals surface area contributed by atoms with Crippen LogP contribution in [0.25, 0.3) is 10.8 Å². The number of carbonyl (C=O) groups excluding carboxylic acids is 1. The Morgan fingerprint density at radius 1 is 0.854 bits per heavy atom. The van der Waals surface area contributed by atoms with Gasteiger partial charge in [-0.3, -0.25) is 9.80 Å². The first-order chi connectivity index (χ1) is 19.5. The van der Waals surface area contributed by atoms with Crippen LogP contribution in [0.1, 0.15) is 17.5 Å². The van der Waals surface area contributed by atoms with Crippen molar-refractivity contribution < 1.29 is 21.6 Å². The predicted octanol–water partition coefficient (Wildman–Crippen LogP) is 4.47. The lowest BCUT2D eigenvalue weighted by Crippen LogP contribution is -2.53. The first-order valence-corrected chi connectivity index (χ1v) is 16.5. The molecule has 0 aromatic heterocycles. The largest absolute Gasteiger partial charge is 0.272 e. The number of nitrogens with zero attached hydrogens (tertiary/aromatic N) is 3. The number of hydrazine groups is 1. The molecule has 214 valence electrons. The Kier molecular flexibility index (Phi) is 8.27. The van der Waals surface area contributed by atoms with Gasteiger partial charge in [0.15, 0.2) is 0 Å². The molecule has 41 heavy (non-hydrogen) atoms. The Morgan fingerprint density at radius 3 is 2.15 bits per heavy atom. The number of rotatable bonds is 8. The van der Waals surface area contributed by atoms with Gasteiger partial charge in [0, 0.05) is 18.8 Å². The predicted molar refractivity (Wildman–Crippen MR) is 162 cm³/mol. The van der Waals surface area contributed by atoms with Crippen LogP contribution in [0.3, 0.4) is 0 Å². The molecule has 1 aliphatic rings. The summed E-state index contributed by atoms with van der Waals surface area (Å²) in [5.74, 6) is -0.655. The van der Waals surface area contributed by atoms with E-state index in [4.69, 9.17) is 0 Å². The van der Waals surface area contributed by atoms with Gasteiger partial charge in [0.1, 0.15) is 6.04 Å². The van der Waals surface area contributed by atoms with E-state index in [1.54, 1.807) is 48.5 Å². The van der Waals surface area contributed by atoms with Crippen LogP contribution in [0.5, 0.6) is 0 Å². The summed E-state index contributed by atoms with van der Waals surface area (Å²) in [6.45, 7) is 1.76. The van der Waals surface area contributed by atoms with Crippen LogP contribution in [0.15, 0.2) is 107 Å². The monoisotopic (exact) mass is 609 g/mol. The number of carbonyl (C=O) groups is 1. The quantitative estimate of drug-likeness (QED) is 0.235. The topological polar surface area (TPSA) is 95.1 Å². The molecule has 8 nitrogen and oxygen atoms in total. The van der Waals surface area contributed by atoms with Crippen molar-refractivity contribution in [3.05, 3.63) is 108 Å². The van der Waals surface area contributed by atoms with E-state index in [2.05, 4.69) is 12.6 Å². The van der Waals surface area contributed by atoms with Gasteiger partial charge >= 0.3 is 0 Å². The lowest BCUT2D eigenvalue weighted by atomic mass is 10.1. The fourth-order valence-corrected chi connectivity index (χ4v) is 8.59. The van der Waals surface area contributed by atoms with Gasteiger partial charge in [-0.2, -0.15) is 16.9 Å². The maximum absolute atomic E-state index is 14.0. The van der Waals surface area contributed by atoms with Crippen LogP contribution >= 0.6 is 12.6 Å².